The van der Waals surface area contributed by atoms with Gasteiger partial charge < -0.3 is 20.1 Å². The van der Waals surface area contributed by atoms with Crippen molar-refractivity contribution in [2.45, 2.75) is 51.7 Å². The van der Waals surface area contributed by atoms with E-state index in [2.05, 4.69) is 11.8 Å². The number of carbonyl (C=O) groups is 1. The zero-order chi connectivity index (χ0) is 19.9. The summed E-state index contributed by atoms with van der Waals surface area (Å²) in [7, 11) is 0. The topological polar surface area (TPSA) is 142 Å². The summed E-state index contributed by atoms with van der Waals surface area (Å²) in [5.74, 6) is 4.28. The van der Waals surface area contributed by atoms with E-state index in [4.69, 9.17) is 4.74 Å². The molecule has 9 nitrogen and oxygen atoms in total. The third-order valence-corrected chi connectivity index (χ3v) is 4.23. The average Bonchev–Trinajstić information content (AvgIpc) is 2.81. The molecule has 9 heteroatoms. The molecule has 1 aromatic heterocycles. The van der Waals surface area contributed by atoms with Gasteiger partial charge in [-0.2, -0.15) is 0 Å². The fraction of sp³-hybridized carbons (Fsp3) is 0.588. The number of carbonyl (C=O) groups excluding carboxylic acids is 1. The summed E-state index contributed by atoms with van der Waals surface area (Å²) in [5.41, 5.74) is -5.15. The Balaban J connectivity index is 2.59. The van der Waals surface area contributed by atoms with Crippen LogP contribution in [-0.4, -0.2) is 55.1 Å². The molecule has 2 heterocycles. The van der Waals surface area contributed by atoms with E-state index in [1.807, 2.05) is 4.98 Å². The number of rotatable bonds is 3. The quantitative estimate of drug-likeness (QED) is 0.477. The van der Waals surface area contributed by atoms with Crippen LogP contribution >= 0.6 is 0 Å². The molecule has 0 unspecified atom stereocenters. The first-order chi connectivity index (χ1) is 12.0. The van der Waals surface area contributed by atoms with Crippen molar-refractivity contribution in [2.24, 2.45) is 5.41 Å². The Hall–Kier alpha value is -2.25. The first-order valence-electron chi connectivity index (χ1n) is 7.98. The van der Waals surface area contributed by atoms with Crippen LogP contribution in [0.4, 0.5) is 0 Å². The summed E-state index contributed by atoms with van der Waals surface area (Å²) in [6.07, 6.45) is -3.72. The minimum atomic E-state index is -2.43. The van der Waals surface area contributed by atoms with Crippen molar-refractivity contribution in [3.63, 3.8) is 0 Å². The molecule has 0 radical (unpaired) electrons. The van der Waals surface area contributed by atoms with Crippen molar-refractivity contribution < 1.29 is 24.9 Å². The number of nitrogens with one attached hydrogen (secondary N) is 1. The molecule has 0 spiro atoms. The van der Waals surface area contributed by atoms with E-state index in [1.54, 1.807) is 20.8 Å². The van der Waals surface area contributed by atoms with Gasteiger partial charge in [-0.1, -0.05) is 26.7 Å². The first-order valence-corrected chi connectivity index (χ1v) is 7.98. The number of H-pyrrole nitrogens is 1. The number of aliphatic hydroxyl groups excluding tert-OH is 2. The highest BCUT2D eigenvalue weighted by atomic mass is 16.6. The number of ether oxygens (including phenoxy) is 1. The molecule has 0 aromatic carbocycles. The molecule has 1 saturated heterocycles. The highest BCUT2D eigenvalue weighted by Gasteiger charge is 2.62. The largest absolute Gasteiger partial charge is 0.394 e. The van der Waals surface area contributed by atoms with Crippen LogP contribution in [0.5, 0.6) is 0 Å². The highest BCUT2D eigenvalue weighted by Crippen LogP contribution is 2.40. The molecule has 4 N–H and O–H groups in total. The number of Topliss-reactive ketones (excluding diaryl/α,β-unsaturated/α-hetero) is 1. The minimum Gasteiger partial charge on any atom is -0.394 e. The smallest absolute Gasteiger partial charge is 0.330 e. The lowest BCUT2D eigenvalue weighted by atomic mass is 9.75. The fourth-order valence-corrected chi connectivity index (χ4v) is 2.93. The number of hydrogen-bond acceptors (Lipinski definition) is 7. The Morgan fingerprint density at radius 1 is 1.42 bits per heavy atom. The number of nitrogens with zero attached hydrogens (tertiary/aromatic N) is 1. The van der Waals surface area contributed by atoms with E-state index < -0.39 is 53.1 Å². The molecule has 2 rings (SSSR count). The van der Waals surface area contributed by atoms with Crippen LogP contribution in [0.3, 0.4) is 0 Å². The van der Waals surface area contributed by atoms with E-state index in [0.717, 1.165) is 10.8 Å². The molecule has 1 aromatic rings. The Morgan fingerprint density at radius 3 is 2.54 bits per heavy atom. The van der Waals surface area contributed by atoms with Gasteiger partial charge in [-0.15, -0.1) is 5.92 Å². The van der Waals surface area contributed by atoms with Crippen molar-refractivity contribution in [1.29, 1.82) is 0 Å². The zero-order valence-corrected chi connectivity index (χ0v) is 14.9. The van der Waals surface area contributed by atoms with Gasteiger partial charge in [0.2, 0.25) is 0 Å². The molecule has 0 amide bonds. The number of aliphatic hydroxyl groups is 3. The molecule has 1 aliphatic heterocycles. The van der Waals surface area contributed by atoms with Gasteiger partial charge in [0.05, 0.1) is 6.61 Å². The molecule has 26 heavy (non-hydrogen) atoms. The first kappa shape index (κ1) is 20.1. The summed E-state index contributed by atoms with van der Waals surface area (Å²) in [6, 6.07) is 0. The summed E-state index contributed by atoms with van der Waals surface area (Å²) in [5, 5.41) is 31.0. The molecular formula is C17H22N2O7. The minimum absolute atomic E-state index is 0.0546. The number of hydrogen-bond donors (Lipinski definition) is 4. The van der Waals surface area contributed by atoms with E-state index in [-0.39, 0.29) is 5.56 Å². The lowest BCUT2D eigenvalue weighted by Crippen LogP contribution is -2.59. The van der Waals surface area contributed by atoms with Crippen LogP contribution < -0.4 is 11.2 Å². The standard InChI is InChI=1S/C17H22N2O7/c1-5-6-9-7-19(15(24)18-12(9)22)13-11(21)17(25,10(8-20)26-13)14(23)16(2,3)4/h7,10-11,13,20-21,25H,8H2,1-4H3,(H,18,22,24)/t10-,11-,13-,17-/m1/s1. The summed E-state index contributed by atoms with van der Waals surface area (Å²) >= 11 is 0. The van der Waals surface area contributed by atoms with Crippen molar-refractivity contribution in [1.82, 2.24) is 9.55 Å². The van der Waals surface area contributed by atoms with Crippen molar-refractivity contribution in [3.8, 4) is 11.8 Å². The predicted molar refractivity (Wildman–Crippen MR) is 90.3 cm³/mol. The fourth-order valence-electron chi connectivity index (χ4n) is 2.93. The lowest BCUT2D eigenvalue weighted by Gasteiger charge is -2.34. The maximum absolute atomic E-state index is 12.7. The Labute approximate surface area is 149 Å². The molecule has 142 valence electrons. The Morgan fingerprint density at radius 2 is 2.04 bits per heavy atom. The van der Waals surface area contributed by atoms with Gasteiger partial charge in [0, 0.05) is 11.6 Å². The van der Waals surface area contributed by atoms with Crippen LogP contribution in [0.1, 0.15) is 39.5 Å². The van der Waals surface area contributed by atoms with Crippen LogP contribution in [-0.2, 0) is 9.53 Å². The third kappa shape index (κ3) is 3.12. The van der Waals surface area contributed by atoms with Gasteiger partial charge in [0.1, 0.15) is 17.8 Å². The molecule has 1 aliphatic rings. The van der Waals surface area contributed by atoms with Gasteiger partial charge in [-0.3, -0.25) is 19.1 Å². The SMILES string of the molecule is CC#Cc1cn([C@@H]2O[C@H](CO)[C@](O)(C(=O)C(C)(C)C)[C@@H]2O)c(=O)[nH]c1=O. The van der Waals surface area contributed by atoms with Gasteiger partial charge in [-0.05, 0) is 6.92 Å². The van der Waals surface area contributed by atoms with Crippen molar-refractivity contribution >= 4 is 5.78 Å². The van der Waals surface area contributed by atoms with Crippen molar-refractivity contribution in [3.05, 3.63) is 32.6 Å². The number of aromatic nitrogens is 2. The molecule has 1 fully saturated rings. The maximum Gasteiger partial charge on any atom is 0.330 e. The average molecular weight is 366 g/mol. The van der Waals surface area contributed by atoms with E-state index in [0.29, 0.717) is 0 Å². The van der Waals surface area contributed by atoms with E-state index in [1.165, 1.54) is 6.92 Å². The number of ketones is 1. The van der Waals surface area contributed by atoms with Crippen LogP contribution in [0.15, 0.2) is 15.8 Å². The molecule has 0 bridgehead atoms. The second-order valence-corrected chi connectivity index (χ2v) is 7.13. The summed E-state index contributed by atoms with van der Waals surface area (Å²) in [4.78, 5) is 38.6. The van der Waals surface area contributed by atoms with Gasteiger partial charge in [-0.25, -0.2) is 4.79 Å². The van der Waals surface area contributed by atoms with Crippen LogP contribution in [0.25, 0.3) is 0 Å². The third-order valence-electron chi connectivity index (χ3n) is 4.23. The summed E-state index contributed by atoms with van der Waals surface area (Å²) in [6.45, 7) is 5.37. The van der Waals surface area contributed by atoms with Crippen LogP contribution in [0.2, 0.25) is 0 Å². The second-order valence-electron chi connectivity index (χ2n) is 7.13. The Kier molecular flexibility index (Phi) is 5.26. The normalized spacial score (nSPS) is 28.5. The Bertz CT molecular complexity index is 883. The van der Waals surface area contributed by atoms with E-state index >= 15 is 0 Å². The molecular weight excluding hydrogens is 344 g/mol. The van der Waals surface area contributed by atoms with Gasteiger partial charge >= 0.3 is 5.69 Å². The maximum atomic E-state index is 12.7. The van der Waals surface area contributed by atoms with Gasteiger partial charge in [0.15, 0.2) is 17.6 Å². The van der Waals surface area contributed by atoms with Crippen LogP contribution in [0, 0.1) is 17.3 Å². The second kappa shape index (κ2) is 6.81. The summed E-state index contributed by atoms with van der Waals surface area (Å²) < 4.78 is 6.25. The van der Waals surface area contributed by atoms with Gasteiger partial charge in [0.25, 0.3) is 5.56 Å². The van der Waals surface area contributed by atoms with E-state index in [9.17, 15) is 29.7 Å². The molecule has 0 saturated carbocycles. The monoisotopic (exact) mass is 366 g/mol. The van der Waals surface area contributed by atoms with Crippen molar-refractivity contribution in [2.75, 3.05) is 6.61 Å². The molecule has 4 atom stereocenters. The predicted octanol–water partition coefficient (Wildman–Crippen LogP) is -1.50. The zero-order valence-electron chi connectivity index (χ0n) is 14.9. The number of aromatic amines is 1. The molecule has 0 aliphatic carbocycles. The highest BCUT2D eigenvalue weighted by molar-refractivity contribution is 5.93. The lowest BCUT2D eigenvalue weighted by molar-refractivity contribution is -0.162.